The molecule has 0 heterocycles. The Balaban J connectivity index is 3.07. The van der Waals surface area contributed by atoms with E-state index >= 15 is 0 Å². The summed E-state index contributed by atoms with van der Waals surface area (Å²) in [5, 5.41) is 12.3. The highest BCUT2D eigenvalue weighted by Crippen LogP contribution is 2.22. The maximum Gasteiger partial charge on any atom is 0.328 e. The first kappa shape index (κ1) is 16.6. The summed E-state index contributed by atoms with van der Waals surface area (Å²) in [7, 11) is -1.77. The van der Waals surface area contributed by atoms with Crippen LogP contribution in [0, 0.1) is 0 Å². The van der Waals surface area contributed by atoms with Crippen LogP contribution < -0.4 is 5.32 Å². The predicted molar refractivity (Wildman–Crippen MR) is 74.4 cm³/mol. The highest BCUT2D eigenvalue weighted by Gasteiger charge is 2.34. The third kappa shape index (κ3) is 3.78. The largest absolute Gasteiger partial charge is 0.480 e. The predicted octanol–water partition coefficient (Wildman–Crippen LogP) is 0.626. The Kier molecular flexibility index (Phi) is 5.27. The number of hydrogen-bond acceptors (Lipinski definition) is 5. The van der Waals surface area contributed by atoms with E-state index in [2.05, 4.69) is 5.32 Å². The fourth-order valence-electron chi connectivity index (χ4n) is 1.74. The number of carboxylic acid groups (broad SMARTS) is 1. The van der Waals surface area contributed by atoms with E-state index in [0.29, 0.717) is 18.7 Å². The van der Waals surface area contributed by atoms with Crippen LogP contribution in [0.4, 0.5) is 0 Å². The van der Waals surface area contributed by atoms with Gasteiger partial charge >= 0.3 is 5.97 Å². The average molecular weight is 301 g/mol. The summed E-state index contributed by atoms with van der Waals surface area (Å²) in [5.41, 5.74) is -0.817. The average Bonchev–Trinajstić information content (AvgIpc) is 2.37. The second kappa shape index (κ2) is 6.34. The smallest absolute Gasteiger partial charge is 0.328 e. The molecular formula is C13H19NO5S. The van der Waals surface area contributed by atoms with E-state index in [-0.39, 0.29) is 4.90 Å². The number of nitrogens with one attached hydrogen (secondary N) is 1. The number of methoxy groups -OCH3 is 1. The van der Waals surface area contributed by atoms with E-state index in [4.69, 9.17) is 4.74 Å². The minimum Gasteiger partial charge on any atom is -0.480 e. The van der Waals surface area contributed by atoms with Gasteiger partial charge in [-0.25, -0.2) is 13.2 Å². The number of carboxylic acids is 1. The second-order valence-electron chi connectivity index (χ2n) is 4.65. The lowest BCUT2D eigenvalue weighted by Gasteiger charge is -2.27. The summed E-state index contributed by atoms with van der Waals surface area (Å²) in [5.74, 6) is -1.04. The minimum atomic E-state index is -3.29. The molecule has 2 N–H and O–H groups in total. The van der Waals surface area contributed by atoms with E-state index in [1.54, 1.807) is 0 Å². The van der Waals surface area contributed by atoms with Crippen molar-refractivity contribution in [3.8, 4) is 0 Å². The van der Waals surface area contributed by atoms with Crippen molar-refractivity contribution >= 4 is 15.8 Å². The molecule has 6 nitrogen and oxygen atoms in total. The van der Waals surface area contributed by atoms with Gasteiger partial charge in [0.05, 0.1) is 11.5 Å². The van der Waals surface area contributed by atoms with Gasteiger partial charge in [0, 0.05) is 19.9 Å². The van der Waals surface area contributed by atoms with Gasteiger partial charge in [0.25, 0.3) is 0 Å². The van der Waals surface area contributed by atoms with Gasteiger partial charge in [-0.2, -0.15) is 0 Å². The lowest BCUT2D eigenvalue weighted by atomic mass is 9.92. The van der Waals surface area contributed by atoms with Gasteiger partial charge in [-0.05, 0) is 24.6 Å². The van der Waals surface area contributed by atoms with Crippen LogP contribution >= 0.6 is 0 Å². The van der Waals surface area contributed by atoms with Crippen LogP contribution in [0.5, 0.6) is 0 Å². The molecule has 7 heteroatoms. The van der Waals surface area contributed by atoms with E-state index in [9.17, 15) is 18.3 Å². The SMILES string of the molecule is COCCNC(C)(C(=O)O)c1ccc(S(C)(=O)=O)cc1. The van der Waals surface area contributed by atoms with Crippen molar-refractivity contribution in [2.75, 3.05) is 26.5 Å². The molecular weight excluding hydrogens is 282 g/mol. The molecule has 1 aromatic rings. The number of carbonyl (C=O) groups is 1. The highest BCUT2D eigenvalue weighted by atomic mass is 32.2. The quantitative estimate of drug-likeness (QED) is 0.717. The summed E-state index contributed by atoms with van der Waals surface area (Å²) in [6.07, 6.45) is 1.11. The van der Waals surface area contributed by atoms with E-state index in [1.165, 1.54) is 38.3 Å². The van der Waals surface area contributed by atoms with Gasteiger partial charge in [0.15, 0.2) is 9.84 Å². The number of ether oxygens (including phenoxy) is 1. The third-order valence-corrected chi connectivity index (χ3v) is 4.20. The van der Waals surface area contributed by atoms with Gasteiger partial charge in [0.1, 0.15) is 5.54 Å². The number of benzene rings is 1. The molecule has 1 aromatic carbocycles. The van der Waals surface area contributed by atoms with Crippen LogP contribution in [0.2, 0.25) is 0 Å². The van der Waals surface area contributed by atoms with Gasteiger partial charge in [-0.1, -0.05) is 12.1 Å². The molecule has 0 spiro atoms. The molecule has 1 unspecified atom stereocenters. The molecule has 20 heavy (non-hydrogen) atoms. The van der Waals surface area contributed by atoms with Crippen LogP contribution in [-0.2, 0) is 24.9 Å². The van der Waals surface area contributed by atoms with Crippen LogP contribution in [0.3, 0.4) is 0 Å². The minimum absolute atomic E-state index is 0.158. The van der Waals surface area contributed by atoms with Crippen LogP contribution in [0.1, 0.15) is 12.5 Å². The number of sulfone groups is 1. The number of aliphatic carboxylic acids is 1. The molecule has 1 rings (SSSR count). The zero-order valence-electron chi connectivity index (χ0n) is 11.7. The zero-order chi connectivity index (χ0) is 15.4. The van der Waals surface area contributed by atoms with Crippen molar-refractivity contribution in [3.63, 3.8) is 0 Å². The summed E-state index contributed by atoms with van der Waals surface area (Å²) >= 11 is 0. The van der Waals surface area contributed by atoms with Gasteiger partial charge in [-0.15, -0.1) is 0 Å². The Morgan fingerprint density at radius 1 is 1.35 bits per heavy atom. The maximum absolute atomic E-state index is 11.5. The molecule has 0 amide bonds. The van der Waals surface area contributed by atoms with E-state index in [1.807, 2.05) is 0 Å². The number of rotatable bonds is 7. The fraction of sp³-hybridized carbons (Fsp3) is 0.462. The Morgan fingerprint density at radius 2 is 1.90 bits per heavy atom. The van der Waals surface area contributed by atoms with Gasteiger partial charge in [0.2, 0.25) is 0 Å². The Bertz CT molecular complexity index is 567. The molecule has 0 fully saturated rings. The Labute approximate surface area is 118 Å². The van der Waals surface area contributed by atoms with E-state index < -0.39 is 21.3 Å². The van der Waals surface area contributed by atoms with Crippen LogP contribution in [0.15, 0.2) is 29.2 Å². The molecule has 0 saturated heterocycles. The molecule has 0 bridgehead atoms. The molecule has 0 aromatic heterocycles. The Hall–Kier alpha value is -1.44. The maximum atomic E-state index is 11.5. The first-order valence-electron chi connectivity index (χ1n) is 6.00. The van der Waals surface area contributed by atoms with Gasteiger partial charge < -0.3 is 9.84 Å². The lowest BCUT2D eigenvalue weighted by molar-refractivity contribution is -0.144. The van der Waals surface area contributed by atoms with Crippen LogP contribution in [0.25, 0.3) is 0 Å². The second-order valence-corrected chi connectivity index (χ2v) is 6.66. The van der Waals surface area contributed by atoms with Crippen molar-refractivity contribution in [1.82, 2.24) is 5.32 Å². The molecule has 0 aliphatic carbocycles. The summed E-state index contributed by atoms with van der Waals surface area (Å²) in [6.45, 7) is 2.28. The van der Waals surface area contributed by atoms with Crippen molar-refractivity contribution < 1.29 is 23.1 Å². The molecule has 0 saturated carbocycles. The van der Waals surface area contributed by atoms with Crippen LogP contribution in [-0.4, -0.2) is 46.0 Å². The highest BCUT2D eigenvalue weighted by molar-refractivity contribution is 7.90. The van der Waals surface area contributed by atoms with Crippen molar-refractivity contribution in [3.05, 3.63) is 29.8 Å². The first-order chi connectivity index (χ1) is 9.21. The molecule has 0 aliphatic rings. The molecule has 112 valence electrons. The van der Waals surface area contributed by atoms with E-state index in [0.717, 1.165) is 6.26 Å². The zero-order valence-corrected chi connectivity index (χ0v) is 12.5. The molecule has 0 radical (unpaired) electrons. The van der Waals surface area contributed by atoms with Crippen molar-refractivity contribution in [2.45, 2.75) is 17.4 Å². The fourth-order valence-corrected chi connectivity index (χ4v) is 2.37. The summed E-state index contributed by atoms with van der Waals surface area (Å²) in [4.78, 5) is 11.6. The monoisotopic (exact) mass is 301 g/mol. The number of hydrogen-bond donors (Lipinski definition) is 2. The summed E-state index contributed by atoms with van der Waals surface area (Å²) in [6, 6.07) is 5.82. The van der Waals surface area contributed by atoms with Crippen molar-refractivity contribution in [2.24, 2.45) is 0 Å². The lowest BCUT2D eigenvalue weighted by Crippen LogP contribution is -2.47. The van der Waals surface area contributed by atoms with Gasteiger partial charge in [-0.3, -0.25) is 5.32 Å². The molecule has 1 atom stereocenters. The van der Waals surface area contributed by atoms with Crippen molar-refractivity contribution in [1.29, 1.82) is 0 Å². The molecule has 0 aliphatic heterocycles. The normalized spacial score (nSPS) is 14.8. The third-order valence-electron chi connectivity index (χ3n) is 3.07. The first-order valence-corrected chi connectivity index (χ1v) is 7.89. The topological polar surface area (TPSA) is 92.7 Å². The summed E-state index contributed by atoms with van der Waals surface area (Å²) < 4.78 is 27.7. The standard InChI is InChI=1S/C13H19NO5S/c1-13(12(15)16,14-8-9-19-2)10-4-6-11(7-5-10)20(3,17)18/h4-7,14H,8-9H2,1-3H3,(H,15,16). The Morgan fingerprint density at radius 3 is 2.30 bits per heavy atom.